The first-order valence-corrected chi connectivity index (χ1v) is 8.78. The average Bonchev–Trinajstić information content (AvgIpc) is 3.07. The van der Waals surface area contributed by atoms with E-state index in [1.54, 1.807) is 5.57 Å². The summed E-state index contributed by atoms with van der Waals surface area (Å²) in [5.41, 5.74) is 4.59. The zero-order valence-corrected chi connectivity index (χ0v) is 13.8. The van der Waals surface area contributed by atoms with Gasteiger partial charge in [0.1, 0.15) is 0 Å². The zero-order valence-electron chi connectivity index (χ0n) is 13.8. The Morgan fingerprint density at radius 3 is 2.04 bits per heavy atom. The van der Waals surface area contributed by atoms with E-state index in [2.05, 4.69) is 85.8 Å². The van der Waals surface area contributed by atoms with Gasteiger partial charge >= 0.3 is 0 Å². The first kappa shape index (κ1) is 14.5. The maximum atomic E-state index is 2.45. The van der Waals surface area contributed by atoms with Crippen molar-refractivity contribution < 1.29 is 0 Å². The molecule has 0 bridgehead atoms. The van der Waals surface area contributed by atoms with E-state index in [1.165, 1.54) is 30.4 Å². The van der Waals surface area contributed by atoms with Crippen LogP contribution in [0, 0.1) is 11.8 Å². The number of benzene rings is 2. The van der Waals surface area contributed by atoms with Crippen LogP contribution in [0.2, 0.25) is 0 Å². The van der Waals surface area contributed by atoms with Gasteiger partial charge in [-0.15, -0.1) is 0 Å². The molecule has 2 atom stereocenters. The maximum Gasteiger partial charge on any atom is 0.0240 e. The Kier molecular flexibility index (Phi) is 3.69. The monoisotopic (exact) mass is 300 g/mol. The SMILES string of the molecule is CC(c1ccccc1)(c1ccccc1)C1CCC2CC=CC=C21. The van der Waals surface area contributed by atoms with Crippen LogP contribution in [0.15, 0.2) is 84.5 Å². The second kappa shape index (κ2) is 5.85. The Bertz CT molecular complexity index is 682. The largest absolute Gasteiger partial charge is 0.0839 e. The van der Waals surface area contributed by atoms with E-state index in [0.717, 1.165) is 5.92 Å². The Labute approximate surface area is 139 Å². The van der Waals surface area contributed by atoms with Gasteiger partial charge in [-0.3, -0.25) is 0 Å². The molecule has 116 valence electrons. The van der Waals surface area contributed by atoms with Crippen molar-refractivity contribution >= 4 is 0 Å². The fraction of sp³-hybridized carbons (Fsp3) is 0.304. The number of rotatable bonds is 3. The van der Waals surface area contributed by atoms with Crippen molar-refractivity contribution in [3.63, 3.8) is 0 Å². The summed E-state index contributed by atoms with van der Waals surface area (Å²) in [6, 6.07) is 22.2. The van der Waals surface area contributed by atoms with Crippen LogP contribution in [-0.2, 0) is 5.41 Å². The van der Waals surface area contributed by atoms with Gasteiger partial charge in [-0.05, 0) is 42.2 Å². The van der Waals surface area contributed by atoms with Gasteiger partial charge in [0.2, 0.25) is 0 Å². The summed E-state index contributed by atoms with van der Waals surface area (Å²) in [6.45, 7) is 2.45. The van der Waals surface area contributed by atoms with Crippen molar-refractivity contribution in [2.75, 3.05) is 0 Å². The van der Waals surface area contributed by atoms with Gasteiger partial charge in [0.15, 0.2) is 0 Å². The molecule has 0 heteroatoms. The molecule has 0 aliphatic heterocycles. The molecule has 0 radical (unpaired) electrons. The third-order valence-electron chi connectivity index (χ3n) is 5.97. The highest BCUT2D eigenvalue weighted by atomic mass is 14.5. The smallest absolute Gasteiger partial charge is 0.0240 e. The van der Waals surface area contributed by atoms with E-state index < -0.39 is 0 Å². The van der Waals surface area contributed by atoms with Crippen LogP contribution in [-0.4, -0.2) is 0 Å². The molecule has 1 saturated carbocycles. The Morgan fingerprint density at radius 1 is 0.826 bits per heavy atom. The van der Waals surface area contributed by atoms with Crippen LogP contribution in [0.25, 0.3) is 0 Å². The summed E-state index contributed by atoms with van der Waals surface area (Å²) < 4.78 is 0. The highest BCUT2D eigenvalue weighted by molar-refractivity contribution is 5.44. The fourth-order valence-electron chi connectivity index (χ4n) is 4.67. The van der Waals surface area contributed by atoms with E-state index in [9.17, 15) is 0 Å². The lowest BCUT2D eigenvalue weighted by Crippen LogP contribution is -2.33. The second-order valence-electron chi connectivity index (χ2n) is 7.09. The van der Waals surface area contributed by atoms with Crippen LogP contribution < -0.4 is 0 Å². The minimum Gasteiger partial charge on any atom is -0.0839 e. The molecule has 2 aliphatic carbocycles. The van der Waals surface area contributed by atoms with Gasteiger partial charge in [-0.2, -0.15) is 0 Å². The van der Waals surface area contributed by atoms with Crippen molar-refractivity contribution in [2.45, 2.75) is 31.6 Å². The minimum absolute atomic E-state index is 0.0499. The van der Waals surface area contributed by atoms with E-state index >= 15 is 0 Å². The molecule has 0 aromatic heterocycles. The Balaban J connectivity index is 1.87. The van der Waals surface area contributed by atoms with Gasteiger partial charge < -0.3 is 0 Å². The molecule has 0 heterocycles. The first-order chi connectivity index (χ1) is 11.3. The van der Waals surface area contributed by atoms with Crippen LogP contribution in [0.3, 0.4) is 0 Å². The highest BCUT2D eigenvalue weighted by Gasteiger charge is 2.44. The van der Waals surface area contributed by atoms with Crippen molar-refractivity contribution in [3.8, 4) is 0 Å². The molecule has 0 nitrogen and oxygen atoms in total. The number of hydrogen-bond donors (Lipinski definition) is 0. The van der Waals surface area contributed by atoms with Gasteiger partial charge in [0, 0.05) is 5.41 Å². The predicted molar refractivity (Wildman–Crippen MR) is 97.4 cm³/mol. The van der Waals surface area contributed by atoms with Crippen LogP contribution in [0.5, 0.6) is 0 Å². The maximum absolute atomic E-state index is 2.45. The molecule has 2 aromatic carbocycles. The van der Waals surface area contributed by atoms with Crippen molar-refractivity contribution in [3.05, 3.63) is 95.6 Å². The zero-order chi connectivity index (χ0) is 15.7. The van der Waals surface area contributed by atoms with Gasteiger partial charge in [-0.1, -0.05) is 91.4 Å². The van der Waals surface area contributed by atoms with Gasteiger partial charge in [0.25, 0.3) is 0 Å². The summed E-state index contributed by atoms with van der Waals surface area (Å²) in [5, 5.41) is 0. The van der Waals surface area contributed by atoms with Crippen LogP contribution in [0.4, 0.5) is 0 Å². The summed E-state index contributed by atoms with van der Waals surface area (Å²) in [6.07, 6.45) is 10.8. The topological polar surface area (TPSA) is 0 Å². The van der Waals surface area contributed by atoms with E-state index in [-0.39, 0.29) is 5.41 Å². The summed E-state index contributed by atoms with van der Waals surface area (Å²) in [7, 11) is 0. The van der Waals surface area contributed by atoms with E-state index in [4.69, 9.17) is 0 Å². The summed E-state index contributed by atoms with van der Waals surface area (Å²) in [4.78, 5) is 0. The number of fused-ring (bicyclic) bond motifs is 1. The molecular formula is C23H24. The highest BCUT2D eigenvalue weighted by Crippen LogP contribution is 2.52. The molecule has 23 heavy (non-hydrogen) atoms. The molecule has 2 aliphatic rings. The normalized spacial score (nSPS) is 23.4. The van der Waals surface area contributed by atoms with Crippen molar-refractivity contribution in [1.29, 1.82) is 0 Å². The number of hydrogen-bond acceptors (Lipinski definition) is 0. The molecule has 0 N–H and O–H groups in total. The van der Waals surface area contributed by atoms with Gasteiger partial charge in [0.05, 0.1) is 0 Å². The van der Waals surface area contributed by atoms with Gasteiger partial charge in [-0.25, -0.2) is 0 Å². The minimum atomic E-state index is 0.0499. The number of allylic oxidation sites excluding steroid dienone is 4. The lowest BCUT2D eigenvalue weighted by molar-refractivity contribution is 0.402. The lowest BCUT2D eigenvalue weighted by atomic mass is 9.64. The Hall–Kier alpha value is -2.08. The molecular weight excluding hydrogens is 276 g/mol. The molecule has 2 aromatic rings. The standard InChI is InChI=1S/C23H24/c1-23(19-11-4-2-5-12-19,20-13-6-3-7-14-20)22-17-16-18-10-8-9-15-21(18)22/h2-9,11-15,18,22H,10,16-17H2,1H3. The Morgan fingerprint density at radius 2 is 1.43 bits per heavy atom. The average molecular weight is 300 g/mol. The molecule has 2 unspecified atom stereocenters. The van der Waals surface area contributed by atoms with E-state index in [0.29, 0.717) is 5.92 Å². The third-order valence-corrected chi connectivity index (χ3v) is 5.97. The summed E-state index contributed by atoms with van der Waals surface area (Å²) in [5.74, 6) is 1.36. The van der Waals surface area contributed by atoms with Crippen LogP contribution >= 0.6 is 0 Å². The van der Waals surface area contributed by atoms with Crippen molar-refractivity contribution in [1.82, 2.24) is 0 Å². The molecule has 0 spiro atoms. The quantitative estimate of drug-likeness (QED) is 0.661. The molecule has 0 amide bonds. The first-order valence-electron chi connectivity index (χ1n) is 8.78. The molecule has 4 rings (SSSR count). The fourth-order valence-corrected chi connectivity index (χ4v) is 4.67. The third kappa shape index (κ3) is 2.37. The predicted octanol–water partition coefficient (Wildman–Crippen LogP) is 5.91. The summed E-state index contributed by atoms with van der Waals surface area (Å²) >= 11 is 0. The lowest BCUT2D eigenvalue weighted by Gasteiger charge is -2.39. The van der Waals surface area contributed by atoms with Crippen LogP contribution in [0.1, 0.15) is 37.3 Å². The van der Waals surface area contributed by atoms with E-state index in [1.807, 2.05) is 0 Å². The molecule has 0 saturated heterocycles. The second-order valence-corrected chi connectivity index (χ2v) is 7.09. The van der Waals surface area contributed by atoms with Crippen molar-refractivity contribution in [2.24, 2.45) is 11.8 Å². The molecule has 1 fully saturated rings.